The Morgan fingerprint density at radius 3 is 1.88 bits per heavy atom. The van der Waals surface area contributed by atoms with Crippen molar-refractivity contribution in [1.29, 1.82) is 0 Å². The average molecular weight is 767 g/mol. The maximum atomic E-state index is 6.55. The summed E-state index contributed by atoms with van der Waals surface area (Å²) in [5.74, 6) is 0. The number of fused-ring (bicyclic) bond motifs is 12. The Hall–Kier alpha value is -6.20. The van der Waals surface area contributed by atoms with Gasteiger partial charge >= 0.3 is 0 Å². The van der Waals surface area contributed by atoms with E-state index in [4.69, 9.17) is 8.83 Å². The normalized spacial score (nSPS) is 15.6. The Morgan fingerprint density at radius 2 is 1.20 bits per heavy atom. The molecule has 7 aromatic carbocycles. The Kier molecular flexibility index (Phi) is 6.92. The van der Waals surface area contributed by atoms with Crippen LogP contribution in [-0.2, 0) is 16.2 Å². The second kappa shape index (κ2) is 11.7. The molecule has 10 aromatic rings. The molecule has 3 aromatic heterocycles. The van der Waals surface area contributed by atoms with Gasteiger partial charge in [-0.2, -0.15) is 0 Å². The summed E-state index contributed by atoms with van der Waals surface area (Å²) in [4.78, 5) is 0. The fourth-order valence-electron chi connectivity index (χ4n) is 10.6. The van der Waals surface area contributed by atoms with E-state index in [1.807, 2.05) is 6.07 Å². The maximum absolute atomic E-state index is 6.55. The number of rotatable bonds is 3. The molecule has 1 N–H and O–H groups in total. The highest BCUT2D eigenvalue weighted by atomic mass is 16.3. The first-order valence-corrected chi connectivity index (χ1v) is 21.3. The van der Waals surface area contributed by atoms with E-state index in [-0.39, 0.29) is 16.2 Å². The van der Waals surface area contributed by atoms with Crippen LogP contribution in [0.3, 0.4) is 0 Å². The van der Waals surface area contributed by atoms with Crippen LogP contribution in [0.1, 0.15) is 78.0 Å². The minimum absolute atomic E-state index is 0.0557. The summed E-state index contributed by atoms with van der Waals surface area (Å²) in [7, 11) is 0.804. The molecule has 0 unspecified atom stereocenters. The first kappa shape index (κ1) is 34.8. The first-order chi connectivity index (χ1) is 28.3. The maximum Gasteiger partial charge on any atom is 0.198 e. The van der Waals surface area contributed by atoms with Crippen LogP contribution in [0.2, 0.25) is 0 Å². The lowest BCUT2D eigenvalue weighted by Crippen LogP contribution is -2.37. The standard InChI is InChI=1S/C54H47BN2O2/c1-52(2,3)30-16-18-31(19-17-30)56-43-28-41-40(53(4,5)22-23-54(41,6)7)24-36(43)34-20-21-35-37-27-48-39(33-13-9-11-15-47(33)58-48)26-44(37)57-45-29-49-38(25-42(45)55-50(34)51(35)57)32-12-8-10-14-46(32)59-49/h8-21,24-29,55-56H,22-23H2,1-7H3. The lowest BCUT2D eigenvalue weighted by Gasteiger charge is -2.42. The molecule has 0 radical (unpaired) electrons. The number of furan rings is 2. The SMILES string of the molecule is CC(C)(C)c1ccc(Nc2cc3c(cc2-c2ccc4c5cc6oc7ccccc7c6cc5n5c4c2Bc2cc4c(cc2-5)oc2ccccc24)C(C)(C)CCC3(C)C)cc1. The number of benzene rings is 7. The van der Waals surface area contributed by atoms with Gasteiger partial charge in [0.15, 0.2) is 7.28 Å². The van der Waals surface area contributed by atoms with Gasteiger partial charge in [-0.1, -0.05) is 121 Å². The molecule has 0 amide bonds. The van der Waals surface area contributed by atoms with Gasteiger partial charge in [-0.15, -0.1) is 0 Å². The molecular weight excluding hydrogens is 719 g/mol. The highest BCUT2D eigenvalue weighted by Crippen LogP contribution is 2.50. The molecule has 0 saturated carbocycles. The van der Waals surface area contributed by atoms with E-state index in [9.17, 15) is 0 Å². The molecule has 1 aliphatic carbocycles. The van der Waals surface area contributed by atoms with Crippen molar-refractivity contribution in [3.8, 4) is 16.8 Å². The zero-order valence-corrected chi connectivity index (χ0v) is 34.9. The van der Waals surface area contributed by atoms with Crippen LogP contribution in [0.4, 0.5) is 11.4 Å². The third-order valence-electron chi connectivity index (χ3n) is 14.0. The van der Waals surface area contributed by atoms with Crippen LogP contribution in [-0.4, -0.2) is 11.8 Å². The number of nitrogens with zero attached hydrogens (tertiary/aromatic N) is 1. The molecule has 1 aliphatic heterocycles. The van der Waals surface area contributed by atoms with Gasteiger partial charge in [0, 0.05) is 66.5 Å². The summed E-state index contributed by atoms with van der Waals surface area (Å²) in [6.45, 7) is 16.6. The fourth-order valence-corrected chi connectivity index (χ4v) is 10.6. The molecule has 0 fully saturated rings. The average Bonchev–Trinajstić information content (AvgIpc) is 3.87. The van der Waals surface area contributed by atoms with Crippen molar-refractivity contribution in [2.24, 2.45) is 0 Å². The number of para-hydroxylation sites is 2. The quantitative estimate of drug-likeness (QED) is 0.182. The highest BCUT2D eigenvalue weighted by molar-refractivity contribution is 6.73. The monoisotopic (exact) mass is 766 g/mol. The molecule has 288 valence electrons. The molecule has 0 saturated heterocycles. The third kappa shape index (κ3) is 5.03. The van der Waals surface area contributed by atoms with Crippen molar-refractivity contribution in [2.75, 3.05) is 5.32 Å². The van der Waals surface area contributed by atoms with Gasteiger partial charge in [0.1, 0.15) is 22.3 Å². The molecule has 0 spiro atoms. The van der Waals surface area contributed by atoms with Gasteiger partial charge in [0.05, 0.1) is 5.52 Å². The van der Waals surface area contributed by atoms with E-state index >= 15 is 0 Å². The molecule has 4 nitrogen and oxygen atoms in total. The smallest absolute Gasteiger partial charge is 0.198 e. The van der Waals surface area contributed by atoms with Gasteiger partial charge in [0.25, 0.3) is 0 Å². The number of hydrogen-bond donors (Lipinski definition) is 1. The van der Waals surface area contributed by atoms with E-state index in [1.165, 1.54) is 66.2 Å². The summed E-state index contributed by atoms with van der Waals surface area (Å²) < 4.78 is 15.6. The van der Waals surface area contributed by atoms with E-state index in [0.29, 0.717) is 0 Å². The molecule has 0 atom stereocenters. The molecule has 5 heteroatoms. The van der Waals surface area contributed by atoms with E-state index in [2.05, 4.69) is 174 Å². The largest absolute Gasteiger partial charge is 0.456 e. The van der Waals surface area contributed by atoms with Crippen LogP contribution in [0.25, 0.3) is 82.5 Å². The Labute approximate surface area is 345 Å². The highest BCUT2D eigenvalue weighted by Gasteiger charge is 2.38. The van der Waals surface area contributed by atoms with Crippen LogP contribution in [0.5, 0.6) is 0 Å². The zero-order valence-electron chi connectivity index (χ0n) is 34.9. The summed E-state index contributed by atoms with van der Waals surface area (Å²) in [5, 5.41) is 11.0. The van der Waals surface area contributed by atoms with Gasteiger partial charge < -0.3 is 18.7 Å². The van der Waals surface area contributed by atoms with Gasteiger partial charge in [-0.05, 0) is 105 Å². The van der Waals surface area contributed by atoms with E-state index in [1.54, 1.807) is 0 Å². The first-order valence-electron chi connectivity index (χ1n) is 21.3. The predicted octanol–water partition coefficient (Wildman–Crippen LogP) is 13.3. The predicted molar refractivity (Wildman–Crippen MR) is 251 cm³/mol. The number of aromatic nitrogens is 1. The lowest BCUT2D eigenvalue weighted by atomic mass is 9.58. The third-order valence-corrected chi connectivity index (χ3v) is 14.0. The van der Waals surface area contributed by atoms with E-state index < -0.39 is 0 Å². The minimum atomic E-state index is 0.0557. The van der Waals surface area contributed by atoms with E-state index in [0.717, 1.165) is 75.4 Å². The summed E-state index contributed by atoms with van der Waals surface area (Å²) in [6.07, 6.45) is 2.32. The second-order valence-electron chi connectivity index (χ2n) is 19.7. The minimum Gasteiger partial charge on any atom is -0.456 e. The molecule has 0 bridgehead atoms. The molecular formula is C54H47BN2O2. The summed E-state index contributed by atoms with van der Waals surface area (Å²) in [6, 6.07) is 45.0. The second-order valence-corrected chi connectivity index (χ2v) is 19.7. The summed E-state index contributed by atoms with van der Waals surface area (Å²) in [5.41, 5.74) is 19.2. The fraction of sp³-hybridized carbons (Fsp3) is 0.222. The number of anilines is 2. The molecule has 12 rings (SSSR count). The van der Waals surface area contributed by atoms with Crippen molar-refractivity contribution in [1.82, 2.24) is 4.57 Å². The van der Waals surface area contributed by atoms with Crippen molar-refractivity contribution in [3.05, 3.63) is 138 Å². The van der Waals surface area contributed by atoms with Crippen molar-refractivity contribution < 1.29 is 8.83 Å². The van der Waals surface area contributed by atoms with Gasteiger partial charge in [-0.3, -0.25) is 0 Å². The van der Waals surface area contributed by atoms with Crippen LogP contribution in [0.15, 0.2) is 130 Å². The van der Waals surface area contributed by atoms with Crippen LogP contribution < -0.4 is 16.2 Å². The van der Waals surface area contributed by atoms with Crippen molar-refractivity contribution in [3.63, 3.8) is 0 Å². The van der Waals surface area contributed by atoms with Crippen molar-refractivity contribution in [2.45, 2.75) is 77.6 Å². The molecule has 4 heterocycles. The Morgan fingerprint density at radius 1 is 0.576 bits per heavy atom. The van der Waals surface area contributed by atoms with Crippen molar-refractivity contribution >= 4 is 95.3 Å². The molecule has 2 aliphatic rings. The Bertz CT molecular complexity index is 3420. The number of nitrogens with one attached hydrogen (secondary N) is 1. The zero-order chi connectivity index (χ0) is 40.2. The topological polar surface area (TPSA) is 43.2 Å². The summed E-state index contributed by atoms with van der Waals surface area (Å²) >= 11 is 0. The van der Waals surface area contributed by atoms with Gasteiger partial charge in [-0.25, -0.2) is 0 Å². The van der Waals surface area contributed by atoms with Gasteiger partial charge in [0.2, 0.25) is 0 Å². The lowest BCUT2D eigenvalue weighted by molar-refractivity contribution is 0.332. The molecule has 59 heavy (non-hydrogen) atoms. The van der Waals surface area contributed by atoms with Crippen LogP contribution in [0, 0.1) is 0 Å². The number of hydrogen-bond acceptors (Lipinski definition) is 3. The Balaban J connectivity index is 1.16. The van der Waals surface area contributed by atoms with Crippen LogP contribution >= 0.6 is 0 Å².